The van der Waals surface area contributed by atoms with E-state index >= 15 is 0 Å². The number of benzene rings is 1. The first kappa shape index (κ1) is 13.4. The molecular weight excluding hydrogens is 222 g/mol. The van der Waals surface area contributed by atoms with Gasteiger partial charge in [-0.2, -0.15) is 0 Å². The average Bonchev–Trinajstić information content (AvgIpc) is 2.63. The summed E-state index contributed by atoms with van der Waals surface area (Å²) in [6, 6.07) is 7.04. The topological polar surface area (TPSA) is 21.3 Å². The maximum atomic E-state index is 5.77. The molecule has 0 spiro atoms. The lowest BCUT2D eigenvalue weighted by atomic mass is 9.81. The van der Waals surface area contributed by atoms with Crippen LogP contribution in [0.4, 0.5) is 0 Å². The monoisotopic (exact) mass is 247 g/mol. The molecule has 1 aliphatic rings. The van der Waals surface area contributed by atoms with Crippen molar-refractivity contribution in [2.45, 2.75) is 53.2 Å². The van der Waals surface area contributed by atoms with E-state index in [0.717, 1.165) is 18.7 Å². The highest BCUT2D eigenvalue weighted by atomic mass is 16.5. The van der Waals surface area contributed by atoms with Crippen LogP contribution in [0.5, 0.6) is 5.75 Å². The molecule has 2 unspecified atom stereocenters. The Morgan fingerprint density at radius 2 is 2.11 bits per heavy atom. The summed E-state index contributed by atoms with van der Waals surface area (Å²) in [5.74, 6) is 1.07. The van der Waals surface area contributed by atoms with Gasteiger partial charge in [0.1, 0.15) is 11.9 Å². The minimum absolute atomic E-state index is 0.218. The van der Waals surface area contributed by atoms with E-state index in [1.165, 1.54) is 11.1 Å². The van der Waals surface area contributed by atoms with Gasteiger partial charge in [-0.05, 0) is 36.1 Å². The average molecular weight is 247 g/mol. The number of ether oxygens (including phenoxy) is 1. The molecule has 0 amide bonds. The standard InChI is InChI=1S/C16H25NO/c1-6-17-15(16(3,4)5)12-7-8-14-13(10-12)9-11(2)18-14/h7-8,10-11,15,17H,6,9H2,1-5H3. The highest BCUT2D eigenvalue weighted by Gasteiger charge is 2.27. The molecule has 2 atom stereocenters. The minimum Gasteiger partial charge on any atom is -0.490 e. The predicted molar refractivity (Wildman–Crippen MR) is 76.1 cm³/mol. The molecule has 2 rings (SSSR count). The second kappa shape index (κ2) is 4.93. The van der Waals surface area contributed by atoms with Crippen molar-refractivity contribution in [3.05, 3.63) is 29.3 Å². The third-order valence-corrected chi connectivity index (χ3v) is 3.53. The number of hydrogen-bond acceptors (Lipinski definition) is 2. The zero-order chi connectivity index (χ0) is 13.3. The lowest BCUT2D eigenvalue weighted by molar-refractivity contribution is 0.254. The number of nitrogens with one attached hydrogen (secondary N) is 1. The Labute approximate surface area is 111 Å². The van der Waals surface area contributed by atoms with Crippen molar-refractivity contribution in [1.29, 1.82) is 0 Å². The quantitative estimate of drug-likeness (QED) is 0.879. The summed E-state index contributed by atoms with van der Waals surface area (Å²) in [5.41, 5.74) is 2.95. The molecule has 1 N–H and O–H groups in total. The molecule has 0 fully saturated rings. The molecule has 1 aromatic carbocycles. The fourth-order valence-electron chi connectivity index (χ4n) is 2.75. The molecular formula is C16H25NO. The van der Waals surface area contributed by atoms with Gasteiger partial charge in [-0.3, -0.25) is 0 Å². The molecule has 0 saturated carbocycles. The van der Waals surface area contributed by atoms with Crippen LogP contribution < -0.4 is 10.1 Å². The summed E-state index contributed by atoms with van der Waals surface area (Å²) in [7, 11) is 0. The van der Waals surface area contributed by atoms with E-state index in [2.05, 4.69) is 58.1 Å². The van der Waals surface area contributed by atoms with Crippen molar-refractivity contribution < 1.29 is 4.74 Å². The van der Waals surface area contributed by atoms with Gasteiger partial charge in [-0.25, -0.2) is 0 Å². The molecule has 2 nitrogen and oxygen atoms in total. The van der Waals surface area contributed by atoms with E-state index in [1.807, 2.05) is 0 Å². The minimum atomic E-state index is 0.218. The van der Waals surface area contributed by atoms with Gasteiger partial charge in [-0.15, -0.1) is 0 Å². The Balaban J connectivity index is 2.30. The van der Waals surface area contributed by atoms with Gasteiger partial charge in [0.2, 0.25) is 0 Å². The van der Waals surface area contributed by atoms with Crippen molar-refractivity contribution >= 4 is 0 Å². The van der Waals surface area contributed by atoms with Crippen molar-refractivity contribution in [1.82, 2.24) is 5.32 Å². The Bertz CT molecular complexity index is 420. The molecule has 18 heavy (non-hydrogen) atoms. The third-order valence-electron chi connectivity index (χ3n) is 3.53. The number of fused-ring (bicyclic) bond motifs is 1. The third kappa shape index (κ3) is 2.69. The van der Waals surface area contributed by atoms with Crippen LogP contribution in [0.1, 0.15) is 51.8 Å². The normalized spacial score (nSPS) is 20.4. The van der Waals surface area contributed by atoms with Crippen molar-refractivity contribution in [2.75, 3.05) is 6.54 Å². The fourth-order valence-corrected chi connectivity index (χ4v) is 2.75. The summed E-state index contributed by atoms with van der Waals surface area (Å²) in [6.45, 7) is 12.1. The highest BCUT2D eigenvalue weighted by Crippen LogP contribution is 2.36. The molecule has 1 aliphatic heterocycles. The SMILES string of the molecule is CCNC(c1ccc2c(c1)CC(C)O2)C(C)(C)C. The molecule has 2 heteroatoms. The Kier molecular flexibility index (Phi) is 3.67. The summed E-state index contributed by atoms with van der Waals surface area (Å²) in [6.07, 6.45) is 1.36. The number of rotatable bonds is 3. The zero-order valence-corrected chi connectivity index (χ0v) is 12.2. The first-order valence-corrected chi connectivity index (χ1v) is 6.94. The Hall–Kier alpha value is -1.02. The van der Waals surface area contributed by atoms with Crippen molar-refractivity contribution in [2.24, 2.45) is 5.41 Å². The second-order valence-electron chi connectivity index (χ2n) is 6.36. The van der Waals surface area contributed by atoms with E-state index in [1.54, 1.807) is 0 Å². The molecule has 0 aliphatic carbocycles. The van der Waals surface area contributed by atoms with Crippen molar-refractivity contribution in [3.8, 4) is 5.75 Å². The highest BCUT2D eigenvalue weighted by molar-refractivity contribution is 5.41. The maximum absolute atomic E-state index is 5.77. The van der Waals surface area contributed by atoms with Gasteiger partial charge in [0.25, 0.3) is 0 Å². The lowest BCUT2D eigenvalue weighted by Gasteiger charge is -2.32. The second-order valence-corrected chi connectivity index (χ2v) is 6.36. The van der Waals surface area contributed by atoms with E-state index in [4.69, 9.17) is 4.74 Å². The van der Waals surface area contributed by atoms with E-state index < -0.39 is 0 Å². The van der Waals surface area contributed by atoms with Gasteiger partial charge < -0.3 is 10.1 Å². The van der Waals surface area contributed by atoms with Crippen LogP contribution in [-0.4, -0.2) is 12.6 Å². The van der Waals surface area contributed by atoms with Crippen LogP contribution in [0.15, 0.2) is 18.2 Å². The predicted octanol–water partition coefficient (Wildman–Crippen LogP) is 3.71. The van der Waals surface area contributed by atoms with Crippen LogP contribution in [-0.2, 0) is 6.42 Å². The van der Waals surface area contributed by atoms with Crippen LogP contribution in [0.2, 0.25) is 0 Å². The van der Waals surface area contributed by atoms with Crippen LogP contribution in [0, 0.1) is 5.41 Å². The molecule has 1 heterocycles. The Morgan fingerprint density at radius 1 is 1.39 bits per heavy atom. The maximum Gasteiger partial charge on any atom is 0.123 e. The van der Waals surface area contributed by atoms with Gasteiger partial charge >= 0.3 is 0 Å². The summed E-state index contributed by atoms with van der Waals surface area (Å²) >= 11 is 0. The first-order chi connectivity index (χ1) is 8.41. The summed E-state index contributed by atoms with van der Waals surface area (Å²) in [4.78, 5) is 0. The molecule has 0 bridgehead atoms. The van der Waals surface area contributed by atoms with Crippen LogP contribution >= 0.6 is 0 Å². The van der Waals surface area contributed by atoms with E-state index in [-0.39, 0.29) is 5.41 Å². The Morgan fingerprint density at radius 3 is 2.72 bits per heavy atom. The number of hydrogen-bond donors (Lipinski definition) is 1. The zero-order valence-electron chi connectivity index (χ0n) is 12.2. The van der Waals surface area contributed by atoms with E-state index in [0.29, 0.717) is 12.1 Å². The molecule has 0 aromatic heterocycles. The fraction of sp³-hybridized carbons (Fsp3) is 0.625. The molecule has 1 aromatic rings. The first-order valence-electron chi connectivity index (χ1n) is 6.94. The van der Waals surface area contributed by atoms with E-state index in [9.17, 15) is 0 Å². The van der Waals surface area contributed by atoms with Crippen LogP contribution in [0.3, 0.4) is 0 Å². The van der Waals surface area contributed by atoms with Crippen LogP contribution in [0.25, 0.3) is 0 Å². The molecule has 100 valence electrons. The van der Waals surface area contributed by atoms with Gasteiger partial charge in [0.15, 0.2) is 0 Å². The summed E-state index contributed by atoms with van der Waals surface area (Å²) < 4.78 is 5.77. The van der Waals surface area contributed by atoms with Gasteiger partial charge in [0, 0.05) is 12.5 Å². The van der Waals surface area contributed by atoms with Crippen molar-refractivity contribution in [3.63, 3.8) is 0 Å². The summed E-state index contributed by atoms with van der Waals surface area (Å²) in [5, 5.41) is 3.60. The largest absolute Gasteiger partial charge is 0.490 e. The van der Waals surface area contributed by atoms with Gasteiger partial charge in [0.05, 0.1) is 0 Å². The van der Waals surface area contributed by atoms with Gasteiger partial charge in [-0.1, -0.05) is 39.8 Å². The molecule has 0 radical (unpaired) electrons. The molecule has 0 saturated heterocycles. The lowest BCUT2D eigenvalue weighted by Crippen LogP contribution is -2.32. The smallest absolute Gasteiger partial charge is 0.123 e.